The van der Waals surface area contributed by atoms with Crippen molar-refractivity contribution in [1.82, 2.24) is 5.32 Å². The van der Waals surface area contributed by atoms with Gasteiger partial charge >= 0.3 is 5.97 Å². The summed E-state index contributed by atoms with van der Waals surface area (Å²) in [5, 5.41) is 14.1. The standard InChI is InChI=1S/C24H27NO3/c26-24(27)13-14-25-18-20-9-10-22-17-23(12-11-21(22)16-20)28-15-5-4-8-19-6-2-1-3-7-19/h1-3,6-7,9-12,16-17,25H,4-5,8,13-15,18H2,(H,26,27). The van der Waals surface area contributed by atoms with Gasteiger partial charge in [-0.15, -0.1) is 0 Å². The summed E-state index contributed by atoms with van der Waals surface area (Å²) in [6, 6.07) is 23.0. The monoisotopic (exact) mass is 377 g/mol. The van der Waals surface area contributed by atoms with E-state index in [1.165, 1.54) is 5.56 Å². The summed E-state index contributed by atoms with van der Waals surface area (Å²) in [7, 11) is 0. The van der Waals surface area contributed by atoms with Gasteiger partial charge in [0, 0.05) is 13.1 Å². The van der Waals surface area contributed by atoms with Gasteiger partial charge in [0.15, 0.2) is 0 Å². The molecule has 0 radical (unpaired) electrons. The maximum Gasteiger partial charge on any atom is 0.304 e. The number of hydrogen-bond donors (Lipinski definition) is 2. The molecule has 0 spiro atoms. The van der Waals surface area contributed by atoms with Crippen LogP contribution in [-0.4, -0.2) is 24.2 Å². The first-order valence-electron chi connectivity index (χ1n) is 9.83. The summed E-state index contributed by atoms with van der Waals surface area (Å²) in [4.78, 5) is 10.5. The number of unbranched alkanes of at least 4 members (excludes halogenated alkanes) is 1. The normalized spacial score (nSPS) is 10.9. The minimum atomic E-state index is -0.779. The molecule has 3 aromatic rings. The summed E-state index contributed by atoms with van der Waals surface area (Å²) in [6.07, 6.45) is 3.38. The molecule has 0 aliphatic heterocycles. The van der Waals surface area contributed by atoms with Gasteiger partial charge in [0.2, 0.25) is 0 Å². The summed E-state index contributed by atoms with van der Waals surface area (Å²) in [6.45, 7) is 1.87. The Balaban J connectivity index is 1.44. The zero-order valence-electron chi connectivity index (χ0n) is 16.1. The van der Waals surface area contributed by atoms with Gasteiger partial charge in [0.1, 0.15) is 5.75 Å². The lowest BCUT2D eigenvalue weighted by molar-refractivity contribution is -0.136. The van der Waals surface area contributed by atoms with Gasteiger partial charge < -0.3 is 15.2 Å². The average Bonchev–Trinajstić information content (AvgIpc) is 2.71. The second kappa shape index (κ2) is 10.5. The molecule has 2 N–H and O–H groups in total. The Labute approximate surface area is 166 Å². The van der Waals surface area contributed by atoms with Gasteiger partial charge in [-0.25, -0.2) is 0 Å². The van der Waals surface area contributed by atoms with E-state index in [0.717, 1.165) is 48.0 Å². The summed E-state index contributed by atoms with van der Waals surface area (Å²) < 4.78 is 5.92. The first-order chi connectivity index (χ1) is 13.7. The van der Waals surface area contributed by atoms with Gasteiger partial charge in [0.05, 0.1) is 13.0 Å². The van der Waals surface area contributed by atoms with E-state index in [9.17, 15) is 4.79 Å². The number of hydrogen-bond acceptors (Lipinski definition) is 3. The lowest BCUT2D eigenvalue weighted by Crippen LogP contribution is -2.17. The minimum absolute atomic E-state index is 0.139. The van der Waals surface area contributed by atoms with Crippen molar-refractivity contribution in [3.8, 4) is 5.75 Å². The number of carboxylic acids is 1. The molecule has 3 rings (SSSR count). The van der Waals surface area contributed by atoms with Crippen LogP contribution in [0.3, 0.4) is 0 Å². The fourth-order valence-electron chi connectivity index (χ4n) is 3.17. The summed E-state index contributed by atoms with van der Waals surface area (Å²) in [5.74, 6) is 0.123. The lowest BCUT2D eigenvalue weighted by Gasteiger charge is -2.09. The predicted octanol–water partition coefficient (Wildman–Crippen LogP) is 4.81. The van der Waals surface area contributed by atoms with Gasteiger partial charge in [-0.3, -0.25) is 4.79 Å². The lowest BCUT2D eigenvalue weighted by atomic mass is 10.1. The third-order valence-corrected chi connectivity index (χ3v) is 4.69. The van der Waals surface area contributed by atoms with Gasteiger partial charge in [-0.1, -0.05) is 48.5 Å². The van der Waals surface area contributed by atoms with Crippen LogP contribution in [0.1, 0.15) is 30.4 Å². The topological polar surface area (TPSA) is 58.6 Å². The van der Waals surface area contributed by atoms with E-state index in [-0.39, 0.29) is 6.42 Å². The number of benzene rings is 3. The quantitative estimate of drug-likeness (QED) is 0.471. The Morgan fingerprint density at radius 3 is 2.50 bits per heavy atom. The molecule has 0 heterocycles. The second-order valence-electron chi connectivity index (χ2n) is 6.95. The Morgan fingerprint density at radius 2 is 1.68 bits per heavy atom. The molecular weight excluding hydrogens is 350 g/mol. The summed E-state index contributed by atoms with van der Waals surface area (Å²) in [5.41, 5.74) is 2.52. The highest BCUT2D eigenvalue weighted by Gasteiger charge is 2.01. The van der Waals surface area contributed by atoms with Gasteiger partial charge in [-0.2, -0.15) is 0 Å². The Kier molecular flexibility index (Phi) is 7.44. The first kappa shape index (κ1) is 19.9. The van der Waals surface area contributed by atoms with Gasteiger partial charge in [-0.05, 0) is 59.4 Å². The van der Waals surface area contributed by atoms with Crippen LogP contribution in [0.25, 0.3) is 10.8 Å². The van der Waals surface area contributed by atoms with E-state index in [1.807, 2.05) is 12.1 Å². The molecule has 0 aromatic heterocycles. The fourth-order valence-corrected chi connectivity index (χ4v) is 3.17. The molecule has 3 aromatic carbocycles. The molecule has 0 bridgehead atoms. The first-order valence-corrected chi connectivity index (χ1v) is 9.83. The largest absolute Gasteiger partial charge is 0.494 e. The average molecular weight is 377 g/mol. The van der Waals surface area contributed by atoms with E-state index < -0.39 is 5.97 Å². The van der Waals surface area contributed by atoms with E-state index in [0.29, 0.717) is 13.1 Å². The van der Waals surface area contributed by atoms with E-state index in [4.69, 9.17) is 9.84 Å². The van der Waals surface area contributed by atoms with Crippen molar-refractivity contribution in [2.45, 2.75) is 32.2 Å². The van der Waals surface area contributed by atoms with Crippen molar-refractivity contribution >= 4 is 16.7 Å². The molecule has 0 unspecified atom stereocenters. The minimum Gasteiger partial charge on any atom is -0.494 e. The molecule has 0 aliphatic rings. The second-order valence-corrected chi connectivity index (χ2v) is 6.95. The van der Waals surface area contributed by atoms with Crippen molar-refractivity contribution < 1.29 is 14.6 Å². The predicted molar refractivity (Wildman–Crippen MR) is 113 cm³/mol. The van der Waals surface area contributed by atoms with Crippen LogP contribution < -0.4 is 10.1 Å². The fraction of sp³-hybridized carbons (Fsp3) is 0.292. The highest BCUT2D eigenvalue weighted by molar-refractivity contribution is 5.84. The number of carboxylic acid groups (broad SMARTS) is 1. The molecule has 0 aliphatic carbocycles. The smallest absolute Gasteiger partial charge is 0.304 e. The van der Waals surface area contributed by atoms with Crippen molar-refractivity contribution in [2.24, 2.45) is 0 Å². The number of fused-ring (bicyclic) bond motifs is 1. The van der Waals surface area contributed by atoms with Crippen molar-refractivity contribution in [3.63, 3.8) is 0 Å². The number of aryl methyl sites for hydroxylation is 1. The van der Waals surface area contributed by atoms with Crippen molar-refractivity contribution in [1.29, 1.82) is 0 Å². The Morgan fingerprint density at radius 1 is 0.893 bits per heavy atom. The number of aliphatic carboxylic acids is 1. The highest BCUT2D eigenvalue weighted by Crippen LogP contribution is 2.22. The Hall–Kier alpha value is -2.85. The summed E-state index contributed by atoms with van der Waals surface area (Å²) >= 11 is 0. The zero-order valence-corrected chi connectivity index (χ0v) is 16.1. The zero-order chi connectivity index (χ0) is 19.6. The molecule has 4 nitrogen and oxygen atoms in total. The third-order valence-electron chi connectivity index (χ3n) is 4.69. The Bertz CT molecular complexity index is 893. The van der Waals surface area contributed by atoms with E-state index in [1.54, 1.807) is 0 Å². The van der Waals surface area contributed by atoms with Crippen molar-refractivity contribution in [3.05, 3.63) is 77.9 Å². The molecule has 0 fully saturated rings. The SMILES string of the molecule is O=C(O)CCNCc1ccc2cc(OCCCCc3ccccc3)ccc2c1. The van der Waals surface area contributed by atoms with Crippen LogP contribution in [0.15, 0.2) is 66.7 Å². The molecule has 0 atom stereocenters. The maximum atomic E-state index is 10.5. The highest BCUT2D eigenvalue weighted by atomic mass is 16.5. The van der Waals surface area contributed by atoms with Crippen LogP contribution in [0.5, 0.6) is 5.75 Å². The van der Waals surface area contributed by atoms with Crippen LogP contribution in [0.2, 0.25) is 0 Å². The van der Waals surface area contributed by atoms with Crippen LogP contribution >= 0.6 is 0 Å². The number of nitrogens with one attached hydrogen (secondary N) is 1. The van der Waals surface area contributed by atoms with E-state index >= 15 is 0 Å². The van der Waals surface area contributed by atoms with Gasteiger partial charge in [0.25, 0.3) is 0 Å². The number of ether oxygens (including phenoxy) is 1. The molecule has 28 heavy (non-hydrogen) atoms. The third kappa shape index (κ3) is 6.39. The maximum absolute atomic E-state index is 10.5. The molecule has 146 valence electrons. The van der Waals surface area contributed by atoms with E-state index in [2.05, 4.69) is 59.9 Å². The van der Waals surface area contributed by atoms with Crippen molar-refractivity contribution in [2.75, 3.05) is 13.2 Å². The molecule has 0 saturated carbocycles. The van der Waals surface area contributed by atoms with Crippen LogP contribution in [0, 0.1) is 0 Å². The molecular formula is C24H27NO3. The van der Waals surface area contributed by atoms with Crippen LogP contribution in [-0.2, 0) is 17.8 Å². The van der Waals surface area contributed by atoms with Crippen LogP contribution in [0.4, 0.5) is 0 Å². The molecule has 4 heteroatoms. The number of carbonyl (C=O) groups is 1. The molecule has 0 amide bonds. The number of rotatable bonds is 11. The molecule has 0 saturated heterocycles.